The van der Waals surface area contributed by atoms with Crippen LogP contribution in [-0.2, 0) is 0 Å². The van der Waals surface area contributed by atoms with Gasteiger partial charge in [0.05, 0.1) is 21.8 Å². The van der Waals surface area contributed by atoms with Crippen molar-refractivity contribution in [2.45, 2.75) is 53.1 Å². The molecule has 0 aliphatic carbocycles. The fourth-order valence-electron chi connectivity index (χ4n) is 12.0. The SMILES string of the molecule is Cc1ccc(N(c2ccc(C)cc2)c2c3ccccc3c(-c3cc(-c4c5ccccc5c([Si](C)(C)C)c5ccccc45)cc(-c4c5ccccc5c([Si](C)(C)C)c5ccccc45)c3)c3ccccc23)cc1. The number of hydrogen-bond donors (Lipinski definition) is 0. The Labute approximate surface area is 420 Å². The lowest BCUT2D eigenvalue weighted by atomic mass is 9.84. The summed E-state index contributed by atoms with van der Waals surface area (Å²) in [5, 5.41) is 18.7. The third kappa shape index (κ3) is 7.49. The zero-order chi connectivity index (χ0) is 48.8. The number of fused-ring (bicyclic) bond motifs is 6. The number of aryl methyl sites for hydroxylation is 2. The Kier molecular flexibility index (Phi) is 10.7. The molecule has 71 heavy (non-hydrogen) atoms. The van der Waals surface area contributed by atoms with E-state index in [0.717, 1.165) is 11.4 Å². The van der Waals surface area contributed by atoms with Crippen LogP contribution in [0.2, 0.25) is 39.3 Å². The lowest BCUT2D eigenvalue weighted by molar-refractivity contribution is 1.29. The zero-order valence-corrected chi connectivity index (χ0v) is 44.2. The first-order valence-corrected chi connectivity index (χ1v) is 32.3. The van der Waals surface area contributed by atoms with E-state index in [1.165, 1.54) is 125 Å². The largest absolute Gasteiger partial charge is 0.309 e. The summed E-state index contributed by atoms with van der Waals surface area (Å²) >= 11 is 0. The van der Waals surface area contributed by atoms with E-state index in [0.29, 0.717) is 0 Å². The molecule has 0 aromatic heterocycles. The van der Waals surface area contributed by atoms with E-state index in [1.54, 1.807) is 0 Å². The van der Waals surface area contributed by atoms with Crippen molar-refractivity contribution in [2.24, 2.45) is 0 Å². The molecule has 0 atom stereocenters. The lowest BCUT2D eigenvalue weighted by Gasteiger charge is -2.30. The first kappa shape index (κ1) is 44.6. The molecule has 12 aromatic rings. The first-order chi connectivity index (χ1) is 34.3. The van der Waals surface area contributed by atoms with Crippen molar-refractivity contribution in [3.05, 3.63) is 223 Å². The topological polar surface area (TPSA) is 3.24 Å². The molecule has 0 amide bonds. The van der Waals surface area contributed by atoms with Gasteiger partial charge in [0.1, 0.15) is 0 Å². The van der Waals surface area contributed by atoms with Crippen LogP contribution in [0.5, 0.6) is 0 Å². The highest BCUT2D eigenvalue weighted by molar-refractivity contribution is 6.93. The van der Waals surface area contributed by atoms with E-state index in [-0.39, 0.29) is 0 Å². The van der Waals surface area contributed by atoms with Crippen LogP contribution in [0.4, 0.5) is 17.1 Å². The van der Waals surface area contributed by atoms with Crippen LogP contribution in [0, 0.1) is 13.8 Å². The van der Waals surface area contributed by atoms with Gasteiger partial charge in [-0.1, -0.05) is 220 Å². The van der Waals surface area contributed by atoms with Gasteiger partial charge in [-0.15, -0.1) is 0 Å². The number of hydrogen-bond acceptors (Lipinski definition) is 1. The van der Waals surface area contributed by atoms with Crippen molar-refractivity contribution in [3.63, 3.8) is 0 Å². The van der Waals surface area contributed by atoms with E-state index in [2.05, 4.69) is 270 Å². The van der Waals surface area contributed by atoms with Gasteiger partial charge in [-0.25, -0.2) is 0 Å². The number of nitrogens with zero attached hydrogens (tertiary/aromatic N) is 1. The summed E-state index contributed by atoms with van der Waals surface area (Å²) in [6, 6.07) is 80.8. The van der Waals surface area contributed by atoms with Gasteiger partial charge in [0.15, 0.2) is 0 Å². The molecule has 0 aliphatic rings. The molecule has 0 unspecified atom stereocenters. The number of benzene rings is 12. The maximum absolute atomic E-state index is 2.53. The van der Waals surface area contributed by atoms with Crippen LogP contribution in [0.15, 0.2) is 212 Å². The monoisotopic (exact) mass is 945 g/mol. The van der Waals surface area contributed by atoms with Crippen LogP contribution in [-0.4, -0.2) is 16.1 Å². The molecule has 12 aromatic carbocycles. The highest BCUT2D eigenvalue weighted by Crippen LogP contribution is 2.50. The van der Waals surface area contributed by atoms with Crippen LogP contribution < -0.4 is 15.3 Å². The predicted molar refractivity (Wildman–Crippen MR) is 318 cm³/mol. The van der Waals surface area contributed by atoms with E-state index in [9.17, 15) is 0 Å². The van der Waals surface area contributed by atoms with Crippen LogP contribution >= 0.6 is 0 Å². The van der Waals surface area contributed by atoms with E-state index in [4.69, 9.17) is 0 Å². The second-order valence-corrected chi connectivity index (χ2v) is 31.8. The van der Waals surface area contributed by atoms with E-state index >= 15 is 0 Å². The first-order valence-electron chi connectivity index (χ1n) is 25.3. The molecule has 0 bridgehead atoms. The molecule has 0 saturated heterocycles. The molecular formula is C68H59NSi2. The summed E-state index contributed by atoms with van der Waals surface area (Å²) in [6.45, 7) is 19.3. The molecule has 0 N–H and O–H groups in total. The maximum atomic E-state index is 2.53. The Morgan fingerprint density at radius 2 is 0.493 bits per heavy atom. The molecule has 0 spiro atoms. The second kappa shape index (κ2) is 17.1. The van der Waals surface area contributed by atoms with Gasteiger partial charge < -0.3 is 4.90 Å². The van der Waals surface area contributed by atoms with Crippen molar-refractivity contribution < 1.29 is 0 Å². The number of anilines is 3. The Bertz CT molecular complexity index is 3710. The Morgan fingerprint density at radius 1 is 0.268 bits per heavy atom. The zero-order valence-electron chi connectivity index (χ0n) is 42.2. The third-order valence-corrected chi connectivity index (χ3v) is 19.0. The summed E-state index contributed by atoms with van der Waals surface area (Å²) in [6.07, 6.45) is 0. The molecule has 0 aliphatic heterocycles. The fraction of sp³-hybridized carbons (Fsp3) is 0.118. The highest BCUT2D eigenvalue weighted by Gasteiger charge is 2.29. The predicted octanol–water partition coefficient (Wildman–Crippen LogP) is 18.8. The third-order valence-electron chi connectivity index (χ3n) is 14.9. The van der Waals surface area contributed by atoms with E-state index < -0.39 is 16.1 Å². The van der Waals surface area contributed by atoms with Crippen molar-refractivity contribution >= 4 is 108 Å². The Hall–Kier alpha value is -7.57. The summed E-state index contributed by atoms with van der Waals surface area (Å²) in [7, 11) is -3.65. The summed E-state index contributed by atoms with van der Waals surface area (Å²) in [4.78, 5) is 2.48. The van der Waals surface area contributed by atoms with Crippen molar-refractivity contribution in [1.82, 2.24) is 0 Å². The molecule has 0 radical (unpaired) electrons. The standard InChI is InChI=1S/C68H59NSi2/c1-44-33-37-49(38-34-44)69(50-39-35-45(2)36-40-50)66-57-27-15-9-21-51(57)63(52-22-10-16-28-58(52)66)46-41-47(64-53-23-11-17-29-59(53)67(70(3,4)5)60-30-18-12-24-54(60)64)43-48(42-46)65-55-25-13-19-31-61(55)68(71(6,7)8)62-32-20-14-26-56(62)65/h9-43H,1-8H3. The molecule has 0 saturated carbocycles. The summed E-state index contributed by atoms with van der Waals surface area (Å²) in [5.74, 6) is 0. The fourth-order valence-corrected chi connectivity index (χ4v) is 16.1. The molecular weight excluding hydrogens is 887 g/mol. The molecule has 1 nitrogen and oxygen atoms in total. The quantitative estimate of drug-likeness (QED) is 0.108. The van der Waals surface area contributed by atoms with Gasteiger partial charge in [0.2, 0.25) is 0 Å². The molecule has 344 valence electrons. The van der Waals surface area contributed by atoms with Gasteiger partial charge in [-0.2, -0.15) is 0 Å². The lowest BCUT2D eigenvalue weighted by Crippen LogP contribution is -2.38. The average Bonchev–Trinajstić information content (AvgIpc) is 3.37. The minimum atomic E-state index is -1.83. The van der Waals surface area contributed by atoms with Crippen LogP contribution in [0.1, 0.15) is 11.1 Å². The van der Waals surface area contributed by atoms with Crippen molar-refractivity contribution in [3.8, 4) is 33.4 Å². The van der Waals surface area contributed by atoms with Gasteiger partial charge in [0.25, 0.3) is 0 Å². The second-order valence-electron chi connectivity index (χ2n) is 21.8. The van der Waals surface area contributed by atoms with Gasteiger partial charge in [-0.05, 0) is 154 Å². The Morgan fingerprint density at radius 3 is 0.746 bits per heavy atom. The average molecular weight is 946 g/mol. The van der Waals surface area contributed by atoms with E-state index in [1.807, 2.05) is 0 Å². The molecule has 12 rings (SSSR count). The minimum Gasteiger partial charge on any atom is -0.309 e. The van der Waals surface area contributed by atoms with Gasteiger partial charge in [-0.3, -0.25) is 0 Å². The van der Waals surface area contributed by atoms with Crippen molar-refractivity contribution in [2.75, 3.05) is 4.90 Å². The van der Waals surface area contributed by atoms with Crippen molar-refractivity contribution in [1.29, 1.82) is 0 Å². The smallest absolute Gasteiger partial charge is 0.0792 e. The van der Waals surface area contributed by atoms with Crippen LogP contribution in [0.3, 0.4) is 0 Å². The van der Waals surface area contributed by atoms with Gasteiger partial charge in [0, 0.05) is 22.1 Å². The van der Waals surface area contributed by atoms with Gasteiger partial charge >= 0.3 is 0 Å². The summed E-state index contributed by atoms with van der Waals surface area (Å²) in [5.41, 5.74) is 13.4. The minimum absolute atomic E-state index is 1.13. The van der Waals surface area contributed by atoms with Crippen LogP contribution in [0.25, 0.3) is 98.0 Å². The maximum Gasteiger partial charge on any atom is 0.0792 e. The molecule has 0 fully saturated rings. The number of rotatable bonds is 8. The summed E-state index contributed by atoms with van der Waals surface area (Å²) < 4.78 is 0. The normalized spacial score (nSPS) is 12.2. The highest BCUT2D eigenvalue weighted by atomic mass is 28.3. The molecule has 0 heterocycles. The molecule has 3 heteroatoms. The Balaban J connectivity index is 1.25.